The summed E-state index contributed by atoms with van der Waals surface area (Å²) >= 11 is 0. The molecule has 1 heterocycles. The Morgan fingerprint density at radius 2 is 1.78 bits per heavy atom. The van der Waals surface area contributed by atoms with E-state index in [2.05, 4.69) is 5.32 Å². The van der Waals surface area contributed by atoms with Gasteiger partial charge in [0.2, 0.25) is 5.91 Å². The van der Waals surface area contributed by atoms with Crippen LogP contribution in [-0.4, -0.2) is 40.4 Å². The summed E-state index contributed by atoms with van der Waals surface area (Å²) in [6.07, 6.45) is 0.865. The molecule has 0 saturated heterocycles. The number of amides is 2. The Balaban J connectivity index is 1.60. The Kier molecular flexibility index (Phi) is 5.86. The van der Waals surface area contributed by atoms with Crippen LogP contribution in [0.3, 0.4) is 0 Å². The number of rotatable bonds is 8. The number of carbonyl (C=O) groups excluding carboxylic acids is 2. The van der Waals surface area contributed by atoms with Crippen molar-refractivity contribution in [3.63, 3.8) is 0 Å². The number of carboxylic acids is 1. The standard InChI is InChI=1S/C21H22N2O4/c24-19(14-23-13-16-8-4-5-9-18(16)21(23)27)22-17(10-11-20(25)26)12-15-6-2-1-3-7-15/h1-9,17H,10-14H2,(H,22,24)(H,25,26). The van der Waals surface area contributed by atoms with Gasteiger partial charge in [0.25, 0.3) is 5.91 Å². The molecule has 2 aromatic carbocycles. The minimum Gasteiger partial charge on any atom is -0.481 e. The first-order valence-electron chi connectivity index (χ1n) is 8.95. The number of carbonyl (C=O) groups is 3. The third-order valence-corrected chi connectivity index (χ3v) is 4.63. The van der Waals surface area contributed by atoms with Gasteiger partial charge >= 0.3 is 5.97 Å². The van der Waals surface area contributed by atoms with Crippen molar-refractivity contribution in [1.29, 1.82) is 0 Å². The van der Waals surface area contributed by atoms with Crippen molar-refractivity contribution in [1.82, 2.24) is 10.2 Å². The zero-order valence-corrected chi connectivity index (χ0v) is 14.9. The Bertz CT molecular complexity index is 835. The van der Waals surface area contributed by atoms with Crippen molar-refractivity contribution in [2.24, 2.45) is 0 Å². The molecule has 0 spiro atoms. The van der Waals surface area contributed by atoms with Gasteiger partial charge in [0, 0.05) is 24.6 Å². The van der Waals surface area contributed by atoms with E-state index in [0.717, 1.165) is 11.1 Å². The second kappa shape index (κ2) is 8.49. The molecule has 0 bridgehead atoms. The number of fused-ring (bicyclic) bond motifs is 1. The minimum absolute atomic E-state index is 0.0220. The quantitative estimate of drug-likeness (QED) is 0.750. The summed E-state index contributed by atoms with van der Waals surface area (Å²) in [6.45, 7) is 0.382. The van der Waals surface area contributed by atoms with Crippen LogP contribution in [0.25, 0.3) is 0 Å². The molecule has 0 aromatic heterocycles. The topological polar surface area (TPSA) is 86.7 Å². The summed E-state index contributed by atoms with van der Waals surface area (Å²) in [5.41, 5.74) is 2.58. The predicted molar refractivity (Wildman–Crippen MR) is 100 cm³/mol. The molecule has 1 aliphatic heterocycles. The monoisotopic (exact) mass is 366 g/mol. The van der Waals surface area contributed by atoms with Gasteiger partial charge in [-0.2, -0.15) is 0 Å². The van der Waals surface area contributed by atoms with Gasteiger partial charge in [0.1, 0.15) is 6.54 Å². The highest BCUT2D eigenvalue weighted by molar-refractivity contribution is 6.00. The van der Waals surface area contributed by atoms with Gasteiger partial charge in [0.05, 0.1) is 0 Å². The lowest BCUT2D eigenvalue weighted by molar-refractivity contribution is -0.137. The summed E-state index contributed by atoms with van der Waals surface area (Å²) in [5, 5.41) is 11.9. The fourth-order valence-corrected chi connectivity index (χ4v) is 3.31. The van der Waals surface area contributed by atoms with Gasteiger partial charge in [-0.15, -0.1) is 0 Å². The van der Waals surface area contributed by atoms with Crippen molar-refractivity contribution in [3.8, 4) is 0 Å². The van der Waals surface area contributed by atoms with Crippen LogP contribution >= 0.6 is 0 Å². The molecule has 0 fully saturated rings. The lowest BCUT2D eigenvalue weighted by Gasteiger charge is -2.21. The average Bonchev–Trinajstić information content (AvgIpc) is 2.96. The van der Waals surface area contributed by atoms with E-state index in [1.807, 2.05) is 48.5 Å². The fraction of sp³-hybridized carbons (Fsp3) is 0.286. The first-order chi connectivity index (χ1) is 13.0. The van der Waals surface area contributed by atoms with Gasteiger partial charge in [-0.1, -0.05) is 48.5 Å². The molecule has 27 heavy (non-hydrogen) atoms. The molecule has 2 amide bonds. The van der Waals surface area contributed by atoms with E-state index in [1.165, 1.54) is 4.90 Å². The molecule has 1 aliphatic rings. The second-order valence-electron chi connectivity index (χ2n) is 6.70. The minimum atomic E-state index is -0.896. The van der Waals surface area contributed by atoms with Gasteiger partial charge in [-0.05, 0) is 30.0 Å². The van der Waals surface area contributed by atoms with Crippen LogP contribution < -0.4 is 5.32 Å². The number of hydrogen-bond donors (Lipinski definition) is 2. The van der Waals surface area contributed by atoms with Crippen LogP contribution in [0.4, 0.5) is 0 Å². The number of aliphatic carboxylic acids is 1. The van der Waals surface area contributed by atoms with Crippen molar-refractivity contribution >= 4 is 17.8 Å². The van der Waals surface area contributed by atoms with Gasteiger partial charge in [-0.25, -0.2) is 0 Å². The molecule has 2 aromatic rings. The highest BCUT2D eigenvalue weighted by Gasteiger charge is 2.28. The van der Waals surface area contributed by atoms with Crippen LogP contribution in [0.2, 0.25) is 0 Å². The Hall–Kier alpha value is -3.15. The van der Waals surface area contributed by atoms with E-state index in [0.29, 0.717) is 24.9 Å². The van der Waals surface area contributed by atoms with Gasteiger partial charge < -0.3 is 15.3 Å². The molecule has 6 nitrogen and oxygen atoms in total. The summed E-state index contributed by atoms with van der Waals surface area (Å²) in [6, 6.07) is 16.6. The lowest BCUT2D eigenvalue weighted by Crippen LogP contribution is -2.43. The largest absolute Gasteiger partial charge is 0.481 e. The van der Waals surface area contributed by atoms with E-state index in [1.54, 1.807) is 6.07 Å². The van der Waals surface area contributed by atoms with Crippen LogP contribution in [0.15, 0.2) is 54.6 Å². The maximum Gasteiger partial charge on any atom is 0.303 e. The molecule has 2 N–H and O–H groups in total. The molecule has 140 valence electrons. The maximum atomic E-state index is 12.5. The Morgan fingerprint density at radius 3 is 2.48 bits per heavy atom. The first kappa shape index (κ1) is 18.6. The number of nitrogens with one attached hydrogen (secondary N) is 1. The van der Waals surface area contributed by atoms with Crippen molar-refractivity contribution < 1.29 is 19.5 Å². The molecule has 0 radical (unpaired) electrons. The second-order valence-corrected chi connectivity index (χ2v) is 6.70. The molecule has 6 heteroatoms. The highest BCUT2D eigenvalue weighted by Crippen LogP contribution is 2.21. The van der Waals surface area contributed by atoms with E-state index >= 15 is 0 Å². The van der Waals surface area contributed by atoms with Crippen LogP contribution in [0.1, 0.15) is 34.3 Å². The van der Waals surface area contributed by atoms with E-state index < -0.39 is 5.97 Å². The summed E-state index contributed by atoms with van der Waals surface area (Å²) in [7, 11) is 0. The maximum absolute atomic E-state index is 12.5. The normalized spacial score (nSPS) is 13.9. The van der Waals surface area contributed by atoms with Crippen molar-refractivity contribution in [2.75, 3.05) is 6.54 Å². The number of hydrogen-bond acceptors (Lipinski definition) is 3. The fourth-order valence-electron chi connectivity index (χ4n) is 3.31. The summed E-state index contributed by atoms with van der Waals surface area (Å²) in [5.74, 6) is -1.32. The lowest BCUT2D eigenvalue weighted by atomic mass is 10.0. The molecular formula is C21H22N2O4. The smallest absolute Gasteiger partial charge is 0.303 e. The molecule has 3 rings (SSSR count). The SMILES string of the molecule is O=C(O)CCC(Cc1ccccc1)NC(=O)CN1Cc2ccccc2C1=O. The van der Waals surface area contributed by atoms with E-state index in [4.69, 9.17) is 5.11 Å². The molecule has 0 aliphatic carbocycles. The number of carboxylic acid groups (broad SMARTS) is 1. The van der Waals surface area contributed by atoms with Gasteiger partial charge in [-0.3, -0.25) is 14.4 Å². The molecular weight excluding hydrogens is 344 g/mol. The van der Waals surface area contributed by atoms with Crippen molar-refractivity contribution in [3.05, 3.63) is 71.3 Å². The zero-order chi connectivity index (χ0) is 19.2. The number of nitrogens with zero attached hydrogens (tertiary/aromatic N) is 1. The van der Waals surface area contributed by atoms with Crippen molar-refractivity contribution in [2.45, 2.75) is 31.8 Å². The summed E-state index contributed by atoms with van der Waals surface area (Å²) in [4.78, 5) is 37.3. The van der Waals surface area contributed by atoms with Crippen LogP contribution in [0, 0.1) is 0 Å². The highest BCUT2D eigenvalue weighted by atomic mass is 16.4. The zero-order valence-electron chi connectivity index (χ0n) is 14.9. The van der Waals surface area contributed by atoms with E-state index in [9.17, 15) is 14.4 Å². The Morgan fingerprint density at radius 1 is 1.07 bits per heavy atom. The summed E-state index contributed by atoms with van der Waals surface area (Å²) < 4.78 is 0. The van der Waals surface area contributed by atoms with Crippen LogP contribution in [-0.2, 0) is 22.6 Å². The average molecular weight is 366 g/mol. The molecule has 1 unspecified atom stereocenters. The number of benzene rings is 2. The third-order valence-electron chi connectivity index (χ3n) is 4.63. The predicted octanol–water partition coefficient (Wildman–Crippen LogP) is 2.23. The third kappa shape index (κ3) is 4.94. The van der Waals surface area contributed by atoms with E-state index in [-0.39, 0.29) is 30.8 Å². The molecule has 1 atom stereocenters. The Labute approximate surface area is 157 Å². The first-order valence-corrected chi connectivity index (χ1v) is 8.95. The molecule has 0 saturated carbocycles. The van der Waals surface area contributed by atoms with Gasteiger partial charge in [0.15, 0.2) is 0 Å². The van der Waals surface area contributed by atoms with Crippen LogP contribution in [0.5, 0.6) is 0 Å².